The van der Waals surface area contributed by atoms with Gasteiger partial charge in [0, 0.05) is 12.1 Å². The Labute approximate surface area is 167 Å². The topological polar surface area (TPSA) is 96.7 Å². The lowest BCUT2D eigenvalue weighted by Crippen LogP contribution is -2.53. The van der Waals surface area contributed by atoms with Crippen LogP contribution in [0.1, 0.15) is 26.0 Å². The molecule has 2 atom stereocenters. The largest absolute Gasteiger partial charge is 0.465 e. The molecule has 0 bridgehead atoms. The third-order valence-corrected chi connectivity index (χ3v) is 7.50. The highest BCUT2D eigenvalue weighted by Crippen LogP contribution is 2.35. The van der Waals surface area contributed by atoms with E-state index in [1.54, 1.807) is 18.2 Å². The molecule has 0 saturated carbocycles. The molecule has 7 nitrogen and oxygen atoms in total. The van der Waals surface area contributed by atoms with E-state index in [1.807, 2.05) is 13.8 Å². The van der Waals surface area contributed by atoms with Gasteiger partial charge >= 0.3 is 0 Å². The Kier molecular flexibility index (Phi) is 5.78. The lowest BCUT2D eigenvalue weighted by Gasteiger charge is -2.29. The monoisotopic (exact) mass is 428 g/mol. The SMILES string of the molecule is CC(C)C(C(=O)NC1CCS(=O)(=O)C1)N1C(=O)/C(=C\c2ccco2)SC1=S. The molecule has 146 valence electrons. The number of hydrogen-bond acceptors (Lipinski definition) is 7. The van der Waals surface area contributed by atoms with E-state index < -0.39 is 21.9 Å². The van der Waals surface area contributed by atoms with Crippen molar-refractivity contribution in [3.05, 3.63) is 29.1 Å². The number of thiocarbonyl (C=S) groups is 1. The maximum absolute atomic E-state index is 12.9. The van der Waals surface area contributed by atoms with E-state index in [2.05, 4.69) is 5.32 Å². The van der Waals surface area contributed by atoms with Crippen molar-refractivity contribution in [3.8, 4) is 0 Å². The summed E-state index contributed by atoms with van der Waals surface area (Å²) in [6.07, 6.45) is 3.49. The summed E-state index contributed by atoms with van der Waals surface area (Å²) in [6, 6.07) is 2.20. The van der Waals surface area contributed by atoms with Gasteiger partial charge in [0.25, 0.3) is 5.91 Å². The van der Waals surface area contributed by atoms with Crippen LogP contribution in [0.4, 0.5) is 0 Å². The van der Waals surface area contributed by atoms with Crippen molar-refractivity contribution in [1.29, 1.82) is 0 Å². The fraction of sp³-hybridized carbons (Fsp3) is 0.471. The van der Waals surface area contributed by atoms with Crippen LogP contribution in [0.5, 0.6) is 0 Å². The predicted octanol–water partition coefficient (Wildman–Crippen LogP) is 1.81. The van der Waals surface area contributed by atoms with Crippen molar-refractivity contribution < 1.29 is 22.4 Å². The van der Waals surface area contributed by atoms with Crippen LogP contribution in [-0.4, -0.2) is 53.0 Å². The van der Waals surface area contributed by atoms with Gasteiger partial charge in [-0.05, 0) is 24.5 Å². The molecule has 10 heteroatoms. The second kappa shape index (κ2) is 7.76. The number of hydrogen-bond donors (Lipinski definition) is 1. The van der Waals surface area contributed by atoms with Crippen LogP contribution in [0, 0.1) is 5.92 Å². The van der Waals surface area contributed by atoms with Gasteiger partial charge in [-0.2, -0.15) is 0 Å². The molecule has 0 aliphatic carbocycles. The molecule has 2 aliphatic heterocycles. The molecule has 2 aliphatic rings. The van der Waals surface area contributed by atoms with Gasteiger partial charge in [-0.25, -0.2) is 8.42 Å². The number of nitrogens with one attached hydrogen (secondary N) is 1. The van der Waals surface area contributed by atoms with Crippen LogP contribution in [0.25, 0.3) is 6.08 Å². The first-order valence-electron chi connectivity index (χ1n) is 8.49. The molecular formula is C17H20N2O5S3. The molecule has 1 aromatic heterocycles. The Bertz CT molecular complexity index is 890. The summed E-state index contributed by atoms with van der Waals surface area (Å²) in [5.41, 5.74) is 0. The summed E-state index contributed by atoms with van der Waals surface area (Å²) >= 11 is 6.46. The molecule has 1 N–H and O–H groups in total. The van der Waals surface area contributed by atoms with Crippen LogP contribution in [0.2, 0.25) is 0 Å². The van der Waals surface area contributed by atoms with Gasteiger partial charge in [0.2, 0.25) is 5.91 Å². The van der Waals surface area contributed by atoms with Crippen LogP contribution < -0.4 is 5.32 Å². The molecule has 2 unspecified atom stereocenters. The number of carbonyl (C=O) groups is 2. The Balaban J connectivity index is 1.79. The fourth-order valence-electron chi connectivity index (χ4n) is 3.14. The lowest BCUT2D eigenvalue weighted by molar-refractivity contribution is -0.134. The number of carbonyl (C=O) groups excluding carboxylic acids is 2. The summed E-state index contributed by atoms with van der Waals surface area (Å²) in [7, 11) is -3.11. The molecule has 0 aromatic carbocycles. The van der Waals surface area contributed by atoms with Gasteiger partial charge in [0.1, 0.15) is 16.1 Å². The fourth-order valence-corrected chi connectivity index (χ4v) is 6.12. The Morgan fingerprint density at radius 2 is 2.22 bits per heavy atom. The smallest absolute Gasteiger partial charge is 0.267 e. The Morgan fingerprint density at radius 1 is 1.48 bits per heavy atom. The van der Waals surface area contributed by atoms with Crippen molar-refractivity contribution in [1.82, 2.24) is 10.2 Å². The summed E-state index contributed by atoms with van der Waals surface area (Å²) in [5, 5.41) is 2.78. The maximum atomic E-state index is 12.9. The first-order chi connectivity index (χ1) is 12.7. The number of rotatable bonds is 5. The van der Waals surface area contributed by atoms with E-state index in [9.17, 15) is 18.0 Å². The third kappa shape index (κ3) is 4.44. The minimum Gasteiger partial charge on any atom is -0.465 e. The molecule has 3 heterocycles. The van der Waals surface area contributed by atoms with Crippen LogP contribution in [0.15, 0.2) is 27.7 Å². The highest BCUT2D eigenvalue weighted by atomic mass is 32.2. The Hall–Kier alpha value is -1.65. The minimum atomic E-state index is -3.11. The van der Waals surface area contributed by atoms with Crippen LogP contribution in [-0.2, 0) is 19.4 Å². The van der Waals surface area contributed by atoms with Crippen molar-refractivity contribution in [2.24, 2.45) is 5.92 Å². The van der Waals surface area contributed by atoms with Crippen molar-refractivity contribution in [2.45, 2.75) is 32.4 Å². The standard InChI is InChI=1S/C17H20N2O5S3/c1-10(2)14(15(20)18-11-5-7-27(22,23)9-11)19-16(21)13(26-17(19)25)8-12-4-3-6-24-12/h3-4,6,8,10-11,14H,5,7,9H2,1-2H3,(H,18,20)/b13-8+. The molecule has 2 amide bonds. The lowest BCUT2D eigenvalue weighted by atomic mass is 10.0. The van der Waals surface area contributed by atoms with Crippen LogP contribution >= 0.6 is 24.0 Å². The highest BCUT2D eigenvalue weighted by molar-refractivity contribution is 8.26. The number of nitrogens with zero attached hydrogens (tertiary/aromatic N) is 1. The van der Waals surface area contributed by atoms with Gasteiger partial charge in [0.15, 0.2) is 9.84 Å². The molecule has 3 rings (SSSR count). The van der Waals surface area contributed by atoms with Crippen molar-refractivity contribution in [3.63, 3.8) is 0 Å². The van der Waals surface area contributed by atoms with Gasteiger partial charge in [0.05, 0.1) is 22.7 Å². The molecule has 0 spiro atoms. The second-order valence-electron chi connectivity index (χ2n) is 6.86. The van der Waals surface area contributed by atoms with E-state index in [-0.39, 0.29) is 29.2 Å². The zero-order valence-corrected chi connectivity index (χ0v) is 17.3. The summed E-state index contributed by atoms with van der Waals surface area (Å²) in [6.45, 7) is 3.65. The van der Waals surface area contributed by atoms with Gasteiger partial charge in [-0.1, -0.05) is 37.8 Å². The van der Waals surface area contributed by atoms with E-state index in [4.69, 9.17) is 16.6 Å². The van der Waals surface area contributed by atoms with Gasteiger partial charge in [-0.3, -0.25) is 14.5 Å². The van der Waals surface area contributed by atoms with E-state index in [0.717, 1.165) is 11.8 Å². The third-order valence-electron chi connectivity index (χ3n) is 4.40. The average molecular weight is 429 g/mol. The number of furan rings is 1. The average Bonchev–Trinajstić information content (AvgIpc) is 3.25. The maximum Gasteiger partial charge on any atom is 0.267 e. The summed E-state index contributed by atoms with van der Waals surface area (Å²) in [4.78, 5) is 27.4. The normalized spacial score (nSPS) is 24.8. The van der Waals surface area contributed by atoms with E-state index in [0.29, 0.717) is 21.4 Å². The Morgan fingerprint density at radius 3 is 2.78 bits per heavy atom. The van der Waals surface area contributed by atoms with Crippen LogP contribution in [0.3, 0.4) is 0 Å². The quantitative estimate of drug-likeness (QED) is 0.564. The predicted molar refractivity (Wildman–Crippen MR) is 108 cm³/mol. The molecule has 27 heavy (non-hydrogen) atoms. The molecule has 2 fully saturated rings. The number of thioether (sulfide) groups is 1. The molecule has 2 saturated heterocycles. The van der Waals surface area contributed by atoms with Crippen molar-refractivity contribution >= 4 is 56.0 Å². The minimum absolute atomic E-state index is 0.0667. The van der Waals surface area contributed by atoms with Crippen molar-refractivity contribution in [2.75, 3.05) is 11.5 Å². The number of sulfone groups is 1. The highest BCUT2D eigenvalue weighted by Gasteiger charge is 2.43. The summed E-state index contributed by atoms with van der Waals surface area (Å²) < 4.78 is 28.8. The molecule has 0 radical (unpaired) electrons. The van der Waals surface area contributed by atoms with E-state index in [1.165, 1.54) is 11.2 Å². The van der Waals surface area contributed by atoms with Gasteiger partial charge in [-0.15, -0.1) is 0 Å². The molecule has 1 aromatic rings. The van der Waals surface area contributed by atoms with Gasteiger partial charge < -0.3 is 9.73 Å². The number of amides is 2. The first-order valence-corrected chi connectivity index (χ1v) is 11.5. The second-order valence-corrected chi connectivity index (χ2v) is 10.8. The zero-order chi connectivity index (χ0) is 19.8. The van der Waals surface area contributed by atoms with E-state index >= 15 is 0 Å². The summed E-state index contributed by atoms with van der Waals surface area (Å²) in [5.74, 6) is -0.417. The molecular weight excluding hydrogens is 408 g/mol. The first kappa shape index (κ1) is 20.1. The zero-order valence-electron chi connectivity index (χ0n) is 14.9.